The smallest absolute Gasteiger partial charge is 0.332 e. The van der Waals surface area contributed by atoms with Gasteiger partial charge in [0.05, 0.1) is 12.1 Å². The maximum Gasteiger partial charge on any atom is 0.332 e. The van der Waals surface area contributed by atoms with Crippen molar-refractivity contribution >= 4 is 42.4 Å². The van der Waals surface area contributed by atoms with E-state index < -0.39 is 18.2 Å². The van der Waals surface area contributed by atoms with Gasteiger partial charge in [-0.2, -0.15) is 29.4 Å². The van der Waals surface area contributed by atoms with Gasteiger partial charge < -0.3 is 15.2 Å². The first-order valence-corrected chi connectivity index (χ1v) is 16.4. The fraction of sp³-hybridized carbons (Fsp3) is 0.893. The number of carboxylic acid groups (broad SMARTS) is 1. The van der Waals surface area contributed by atoms with Gasteiger partial charge in [0.25, 0.3) is 0 Å². The van der Waals surface area contributed by atoms with Crippen LogP contribution in [0.5, 0.6) is 0 Å². The summed E-state index contributed by atoms with van der Waals surface area (Å²) in [5.74, 6) is 0.646. The Kier molecular flexibility index (Phi) is 12.4. The number of thioether (sulfide) groups is 1. The van der Waals surface area contributed by atoms with Crippen LogP contribution >= 0.6 is 24.4 Å². The molecule has 0 aromatic rings. The number of hydrazine groups is 1. The summed E-state index contributed by atoms with van der Waals surface area (Å²) >= 11 is 6.20. The van der Waals surface area contributed by atoms with E-state index in [1.165, 1.54) is 25.7 Å². The Balaban J connectivity index is 1.79. The lowest BCUT2D eigenvalue weighted by atomic mass is 9.92. The molecule has 8 nitrogen and oxygen atoms in total. The number of carbonyl (C=O) groups excluding carboxylic acids is 2. The van der Waals surface area contributed by atoms with E-state index in [-0.39, 0.29) is 41.0 Å². The largest absolute Gasteiger partial charge is 0.480 e. The van der Waals surface area contributed by atoms with Crippen LogP contribution in [-0.4, -0.2) is 74.2 Å². The number of amides is 2. The normalized spacial score (nSPS) is 29.6. The highest BCUT2D eigenvalue weighted by atomic mass is 32.2. The van der Waals surface area contributed by atoms with Gasteiger partial charge in [-0.1, -0.05) is 72.6 Å². The molecule has 0 radical (unpaired) electrons. The fourth-order valence-electron chi connectivity index (χ4n) is 6.07. The summed E-state index contributed by atoms with van der Waals surface area (Å²) in [5, 5.41) is 16.6. The first-order valence-electron chi connectivity index (χ1n) is 14.7. The predicted octanol–water partition coefficient (Wildman–Crippen LogP) is 5.57. The SMILES string of the molecule is CCC(C)CCCC(C)CCCC(C)C1OC(=O)CCCC[C@H]2SC[C@H]3NC(=O)N([C@H]32)N1C(CS)C(=O)O. The molecule has 10 heteroatoms. The molecule has 0 bridgehead atoms. The van der Waals surface area contributed by atoms with Gasteiger partial charge in [-0.15, -0.1) is 0 Å². The van der Waals surface area contributed by atoms with Gasteiger partial charge in [-0.3, -0.25) is 9.59 Å². The van der Waals surface area contributed by atoms with Crippen LogP contribution in [0.2, 0.25) is 0 Å². The molecule has 3 heterocycles. The lowest BCUT2D eigenvalue weighted by Crippen LogP contribution is -2.64. The van der Waals surface area contributed by atoms with E-state index in [1.807, 2.05) is 18.7 Å². The first-order chi connectivity index (χ1) is 18.2. The molecule has 0 spiro atoms. The molecule has 3 fully saturated rings. The molecule has 0 aliphatic carbocycles. The number of nitrogens with one attached hydrogen (secondary N) is 1. The van der Waals surface area contributed by atoms with Crippen LogP contribution < -0.4 is 5.32 Å². The number of ether oxygens (including phenoxy) is 1. The second-order valence-corrected chi connectivity index (χ2v) is 13.4. The van der Waals surface area contributed by atoms with Gasteiger partial charge in [-0.05, 0) is 31.1 Å². The van der Waals surface area contributed by atoms with Crippen molar-refractivity contribution in [3.63, 3.8) is 0 Å². The highest BCUT2D eigenvalue weighted by Gasteiger charge is 2.54. The zero-order valence-corrected chi connectivity index (χ0v) is 25.4. The van der Waals surface area contributed by atoms with Crippen LogP contribution in [0.15, 0.2) is 0 Å². The zero-order chi connectivity index (χ0) is 27.8. The molecule has 218 valence electrons. The Morgan fingerprint density at radius 2 is 1.82 bits per heavy atom. The average Bonchev–Trinajstić information content (AvgIpc) is 3.40. The van der Waals surface area contributed by atoms with Crippen LogP contribution in [0.25, 0.3) is 0 Å². The number of carbonyl (C=O) groups is 3. The highest BCUT2D eigenvalue weighted by Crippen LogP contribution is 2.40. The number of hydrogen-bond acceptors (Lipinski definition) is 7. The summed E-state index contributed by atoms with van der Waals surface area (Å²) in [6, 6.07) is -1.60. The second-order valence-electron chi connectivity index (χ2n) is 11.8. The van der Waals surface area contributed by atoms with Gasteiger partial charge >= 0.3 is 18.0 Å². The molecule has 5 unspecified atom stereocenters. The Labute approximate surface area is 238 Å². The maximum absolute atomic E-state index is 13.3. The zero-order valence-electron chi connectivity index (χ0n) is 23.6. The highest BCUT2D eigenvalue weighted by molar-refractivity contribution is 8.00. The third-order valence-electron chi connectivity index (χ3n) is 8.67. The van der Waals surface area contributed by atoms with Crippen LogP contribution in [0, 0.1) is 17.8 Å². The third kappa shape index (κ3) is 7.96. The van der Waals surface area contributed by atoms with Gasteiger partial charge in [0, 0.05) is 29.1 Å². The van der Waals surface area contributed by atoms with Gasteiger partial charge in [0.15, 0.2) is 6.23 Å². The van der Waals surface area contributed by atoms with Crippen molar-refractivity contribution in [3.05, 3.63) is 0 Å². The molecule has 8 atom stereocenters. The summed E-state index contributed by atoms with van der Waals surface area (Å²) < 4.78 is 6.06. The number of esters is 1. The van der Waals surface area contributed by atoms with Crippen molar-refractivity contribution in [1.82, 2.24) is 15.3 Å². The molecule has 0 saturated carbocycles. The molecule has 0 aromatic carbocycles. The minimum atomic E-state index is -1.09. The predicted molar refractivity (Wildman–Crippen MR) is 155 cm³/mol. The van der Waals surface area contributed by atoms with Crippen LogP contribution in [0.4, 0.5) is 4.79 Å². The van der Waals surface area contributed by atoms with E-state index in [2.05, 4.69) is 38.7 Å². The van der Waals surface area contributed by atoms with Crippen LogP contribution in [0.1, 0.15) is 98.3 Å². The molecule has 3 aliphatic heterocycles. The number of hydrogen-bond donors (Lipinski definition) is 3. The topological polar surface area (TPSA) is 99.2 Å². The van der Waals surface area contributed by atoms with E-state index in [0.717, 1.165) is 50.2 Å². The Morgan fingerprint density at radius 3 is 2.47 bits per heavy atom. The van der Waals surface area contributed by atoms with Crippen LogP contribution in [0.3, 0.4) is 0 Å². The van der Waals surface area contributed by atoms with Crippen molar-refractivity contribution in [2.45, 2.75) is 128 Å². The van der Waals surface area contributed by atoms with Gasteiger partial charge in [0.1, 0.15) is 6.04 Å². The van der Waals surface area contributed by atoms with Crippen molar-refractivity contribution in [2.75, 3.05) is 11.5 Å². The van der Waals surface area contributed by atoms with Crippen molar-refractivity contribution in [2.24, 2.45) is 17.8 Å². The summed E-state index contributed by atoms with van der Waals surface area (Å²) in [7, 11) is 0. The Bertz CT molecular complexity index is 802. The Hall–Kier alpha value is -1.13. The number of cyclic esters (lactones) is 1. The molecule has 38 heavy (non-hydrogen) atoms. The van der Waals surface area contributed by atoms with E-state index in [4.69, 9.17) is 4.74 Å². The lowest BCUT2D eigenvalue weighted by molar-refractivity contribution is -0.205. The first kappa shape index (κ1) is 31.4. The van der Waals surface area contributed by atoms with E-state index in [9.17, 15) is 19.5 Å². The van der Waals surface area contributed by atoms with Gasteiger partial charge in [0.2, 0.25) is 0 Å². The van der Waals surface area contributed by atoms with E-state index in [0.29, 0.717) is 12.3 Å². The van der Waals surface area contributed by atoms with Crippen molar-refractivity contribution in [1.29, 1.82) is 0 Å². The minimum absolute atomic E-state index is 0.00228. The summed E-state index contributed by atoms with van der Waals surface area (Å²) in [5.41, 5.74) is 0. The van der Waals surface area contributed by atoms with Crippen molar-refractivity contribution in [3.8, 4) is 0 Å². The maximum atomic E-state index is 13.3. The second kappa shape index (κ2) is 15.0. The quantitative estimate of drug-likeness (QED) is 0.151. The molecule has 3 aliphatic rings. The minimum Gasteiger partial charge on any atom is -0.480 e. The average molecular weight is 572 g/mol. The number of carboxylic acids is 1. The van der Waals surface area contributed by atoms with E-state index in [1.54, 1.807) is 10.0 Å². The standard InChI is InChI=1S/C28H49N3O5S2/c1-5-18(2)10-8-11-19(3)12-9-13-20(4)26-30(22(16-37)27(33)34)31-25-21(29-28(31)35)17-38-23(25)14-6-7-15-24(32)36-26/h18-23,25-26,37H,5-17H2,1-4H3,(H,29,35)(H,33,34)/t18?,19?,20?,21-,22?,23-,25-,26?/m1/s1. The Morgan fingerprint density at radius 1 is 1.13 bits per heavy atom. The fourth-order valence-corrected chi connectivity index (χ4v) is 7.96. The van der Waals surface area contributed by atoms with Gasteiger partial charge in [-0.25, -0.2) is 9.80 Å². The number of rotatable bonds is 13. The molecular formula is C28H49N3O5S2. The summed E-state index contributed by atoms with van der Waals surface area (Å²) in [4.78, 5) is 38.7. The number of nitrogens with zero attached hydrogens (tertiary/aromatic N) is 2. The molecule has 3 rings (SSSR count). The summed E-state index contributed by atoms with van der Waals surface area (Å²) in [6.45, 7) is 8.87. The molecule has 2 N–H and O–H groups in total. The molecule has 2 amide bonds. The molecule has 3 saturated heterocycles. The third-order valence-corrected chi connectivity index (χ3v) is 10.5. The summed E-state index contributed by atoms with van der Waals surface area (Å²) in [6.07, 6.45) is 9.72. The number of urea groups is 1. The van der Waals surface area contributed by atoms with Crippen molar-refractivity contribution < 1.29 is 24.2 Å². The van der Waals surface area contributed by atoms with Crippen LogP contribution in [-0.2, 0) is 14.3 Å². The molecule has 0 aromatic heterocycles. The number of thiol groups is 1. The van der Waals surface area contributed by atoms with E-state index >= 15 is 0 Å². The molecular weight excluding hydrogens is 522 g/mol. The lowest BCUT2D eigenvalue weighted by Gasteiger charge is -2.45. The number of aliphatic carboxylic acids is 1. The monoisotopic (exact) mass is 571 g/mol.